The number of likely N-dealkylation sites (N-methyl/N-ethyl adjacent to an activating group) is 1. The van der Waals surface area contributed by atoms with Crippen LogP contribution in [0.4, 0.5) is 0 Å². The summed E-state index contributed by atoms with van der Waals surface area (Å²) in [6.07, 6.45) is 4.48. The minimum atomic E-state index is -0.988. The Morgan fingerprint density at radius 3 is 2.97 bits per heavy atom. The van der Waals surface area contributed by atoms with Gasteiger partial charge in [-0.05, 0) is 63.9 Å². The Balaban J connectivity index is 1.83. The molecule has 3 N–H and O–H groups in total. The number of aliphatic hydroxyl groups is 1. The van der Waals surface area contributed by atoms with Gasteiger partial charge in [-0.3, -0.25) is 0 Å². The van der Waals surface area contributed by atoms with Crippen molar-refractivity contribution < 1.29 is 24.1 Å². The van der Waals surface area contributed by atoms with Crippen LogP contribution in [-0.2, 0) is 22.4 Å². The van der Waals surface area contributed by atoms with Gasteiger partial charge in [0.15, 0.2) is 17.6 Å². The van der Waals surface area contributed by atoms with E-state index >= 15 is 0 Å². The van der Waals surface area contributed by atoms with Gasteiger partial charge in [0, 0.05) is 18.0 Å². The molecule has 4 rings (SSSR count). The number of nitrogens with two attached hydrogens (primary N) is 1. The van der Waals surface area contributed by atoms with Gasteiger partial charge in [-0.15, -0.1) is 0 Å². The monoisotopic (exact) mass is 402 g/mol. The Morgan fingerprint density at radius 2 is 2.24 bits per heavy atom. The van der Waals surface area contributed by atoms with Crippen LogP contribution in [0.2, 0.25) is 0 Å². The standard InChI is InChI=1S/C22H30N2O5/c1-13(23)21(25)29-16-8-9-22(26)12-18(16)28-20-15-5-4-10-24(2)19(22)11-14(15)6-7-17(20)27-3/h6-8,13,18-19,26H,4-5,9-12,23H2,1-3H3/t13-,18+,19+,22-/m0/s1. The maximum atomic E-state index is 12.1. The number of nitrogens with zero attached hydrogens (tertiary/aromatic N) is 1. The van der Waals surface area contributed by atoms with Gasteiger partial charge in [-0.1, -0.05) is 6.07 Å². The lowest BCUT2D eigenvalue weighted by atomic mass is 9.77. The third-order valence-corrected chi connectivity index (χ3v) is 6.41. The number of benzene rings is 1. The fourth-order valence-electron chi connectivity index (χ4n) is 4.77. The zero-order chi connectivity index (χ0) is 20.8. The molecule has 0 spiro atoms. The van der Waals surface area contributed by atoms with Gasteiger partial charge in [-0.2, -0.15) is 0 Å². The molecule has 7 heteroatoms. The lowest BCUT2D eigenvalue weighted by Gasteiger charge is -2.44. The molecule has 0 radical (unpaired) electrons. The van der Waals surface area contributed by atoms with Crippen LogP contribution in [0.25, 0.3) is 0 Å². The summed E-state index contributed by atoms with van der Waals surface area (Å²) < 4.78 is 17.6. The Kier molecular flexibility index (Phi) is 5.31. The zero-order valence-electron chi connectivity index (χ0n) is 17.3. The molecule has 1 aromatic rings. The number of rotatable bonds is 3. The predicted molar refractivity (Wildman–Crippen MR) is 108 cm³/mol. The maximum absolute atomic E-state index is 12.1. The third-order valence-electron chi connectivity index (χ3n) is 6.41. The number of hydrogen-bond acceptors (Lipinski definition) is 7. The van der Waals surface area contributed by atoms with Crippen molar-refractivity contribution >= 4 is 5.97 Å². The first-order chi connectivity index (χ1) is 13.8. The lowest BCUT2D eigenvalue weighted by Crippen LogP contribution is -2.56. The van der Waals surface area contributed by atoms with Crippen LogP contribution >= 0.6 is 0 Å². The second-order valence-corrected chi connectivity index (χ2v) is 8.47. The second-order valence-electron chi connectivity index (χ2n) is 8.47. The summed E-state index contributed by atoms with van der Waals surface area (Å²) in [4.78, 5) is 14.4. The van der Waals surface area contributed by atoms with Crippen molar-refractivity contribution in [2.75, 3.05) is 20.7 Å². The fourth-order valence-corrected chi connectivity index (χ4v) is 4.77. The molecule has 0 fully saturated rings. The third kappa shape index (κ3) is 3.63. The number of carbonyl (C=O) groups is 1. The molecule has 1 aromatic carbocycles. The molecule has 158 valence electrons. The van der Waals surface area contributed by atoms with Crippen molar-refractivity contribution in [3.8, 4) is 11.5 Å². The van der Waals surface area contributed by atoms with Gasteiger partial charge in [0.25, 0.3) is 0 Å². The van der Waals surface area contributed by atoms with Crippen LogP contribution in [0.15, 0.2) is 24.0 Å². The molecule has 2 heterocycles. The van der Waals surface area contributed by atoms with Crippen LogP contribution in [-0.4, -0.2) is 60.5 Å². The van der Waals surface area contributed by atoms with Gasteiger partial charge < -0.3 is 30.0 Å². The summed E-state index contributed by atoms with van der Waals surface area (Å²) in [5, 5.41) is 11.7. The first-order valence-corrected chi connectivity index (χ1v) is 10.3. The molecule has 7 nitrogen and oxygen atoms in total. The first kappa shape index (κ1) is 20.2. The molecular formula is C22H30N2O5. The molecule has 0 unspecified atom stereocenters. The Bertz CT molecular complexity index is 837. The van der Waals surface area contributed by atoms with Gasteiger partial charge in [0.1, 0.15) is 11.8 Å². The van der Waals surface area contributed by atoms with E-state index in [2.05, 4.69) is 18.0 Å². The molecule has 6 bridgehead atoms. The number of fused-ring (bicyclic) bond motifs is 4. The number of hydrogen-bond donors (Lipinski definition) is 2. The number of esters is 1. The summed E-state index contributed by atoms with van der Waals surface area (Å²) in [6, 6.07) is 3.20. The van der Waals surface area contributed by atoms with Crippen LogP contribution < -0.4 is 15.2 Å². The van der Waals surface area contributed by atoms with Crippen LogP contribution in [0, 0.1) is 0 Å². The summed E-state index contributed by atoms with van der Waals surface area (Å²) >= 11 is 0. The molecule has 0 saturated heterocycles. The van der Waals surface area contributed by atoms with E-state index in [-0.39, 0.29) is 6.04 Å². The Hall–Kier alpha value is -2.09. The molecule has 4 atom stereocenters. The predicted octanol–water partition coefficient (Wildman–Crippen LogP) is 1.54. The molecule has 1 aliphatic carbocycles. The van der Waals surface area contributed by atoms with Crippen molar-refractivity contribution in [2.24, 2.45) is 5.73 Å². The zero-order valence-corrected chi connectivity index (χ0v) is 17.3. The van der Waals surface area contributed by atoms with Crippen LogP contribution in [0.5, 0.6) is 11.5 Å². The molecular weight excluding hydrogens is 372 g/mol. The van der Waals surface area contributed by atoms with Crippen LogP contribution in [0.3, 0.4) is 0 Å². The SMILES string of the molecule is COc1ccc2c3c1O[C@@H]1C[C@@](O)(CC=C1OC(=O)[C@H](C)N)[C@@H](C2)N(C)CCC3. The van der Waals surface area contributed by atoms with E-state index in [1.165, 1.54) is 5.56 Å². The van der Waals surface area contributed by atoms with Crippen molar-refractivity contribution in [3.05, 3.63) is 35.1 Å². The quantitative estimate of drug-likeness (QED) is 0.741. The summed E-state index contributed by atoms with van der Waals surface area (Å²) in [5.41, 5.74) is 6.99. The topological polar surface area (TPSA) is 94.2 Å². The number of carbonyl (C=O) groups excluding carboxylic acids is 1. The average Bonchev–Trinajstić information content (AvgIpc) is 2.68. The fraction of sp³-hybridized carbons (Fsp3) is 0.591. The highest BCUT2D eigenvalue weighted by molar-refractivity contribution is 5.76. The van der Waals surface area contributed by atoms with E-state index in [1.807, 2.05) is 6.07 Å². The molecule has 0 aromatic heterocycles. The van der Waals surface area contributed by atoms with Crippen molar-refractivity contribution in [1.29, 1.82) is 0 Å². The van der Waals surface area contributed by atoms with Crippen molar-refractivity contribution in [1.82, 2.24) is 4.90 Å². The molecule has 0 amide bonds. The Labute approximate surface area is 171 Å². The van der Waals surface area contributed by atoms with E-state index < -0.39 is 23.7 Å². The number of methoxy groups -OCH3 is 1. The van der Waals surface area contributed by atoms with Gasteiger partial charge in [0.05, 0.1) is 12.7 Å². The van der Waals surface area contributed by atoms with Gasteiger partial charge in [0.2, 0.25) is 0 Å². The normalized spacial score (nSPS) is 29.9. The van der Waals surface area contributed by atoms with Crippen LogP contribution in [0.1, 0.15) is 37.3 Å². The summed E-state index contributed by atoms with van der Waals surface area (Å²) in [6.45, 7) is 2.48. The highest BCUT2D eigenvalue weighted by Gasteiger charge is 2.47. The highest BCUT2D eigenvalue weighted by Crippen LogP contribution is 2.44. The Morgan fingerprint density at radius 1 is 1.45 bits per heavy atom. The summed E-state index contributed by atoms with van der Waals surface area (Å²) in [5.74, 6) is 1.25. The van der Waals surface area contributed by atoms with Gasteiger partial charge in [-0.25, -0.2) is 4.79 Å². The largest absolute Gasteiger partial charge is 0.493 e. The minimum Gasteiger partial charge on any atom is -0.493 e. The number of ether oxygens (including phenoxy) is 3. The highest BCUT2D eigenvalue weighted by atomic mass is 16.6. The van der Waals surface area contributed by atoms with E-state index in [0.717, 1.165) is 31.4 Å². The van der Waals surface area contributed by atoms with Crippen molar-refractivity contribution in [2.45, 2.75) is 62.8 Å². The van der Waals surface area contributed by atoms with E-state index in [4.69, 9.17) is 19.9 Å². The molecule has 3 aliphatic rings. The first-order valence-electron chi connectivity index (χ1n) is 10.3. The maximum Gasteiger partial charge on any atom is 0.327 e. The van der Waals surface area contributed by atoms with Gasteiger partial charge >= 0.3 is 5.97 Å². The smallest absolute Gasteiger partial charge is 0.327 e. The second kappa shape index (κ2) is 7.63. The van der Waals surface area contributed by atoms with E-state index in [9.17, 15) is 9.90 Å². The summed E-state index contributed by atoms with van der Waals surface area (Å²) in [7, 11) is 3.69. The molecule has 29 heavy (non-hydrogen) atoms. The average molecular weight is 402 g/mol. The van der Waals surface area contributed by atoms with E-state index in [1.54, 1.807) is 20.1 Å². The molecule has 0 saturated carbocycles. The van der Waals surface area contributed by atoms with Crippen molar-refractivity contribution in [3.63, 3.8) is 0 Å². The van der Waals surface area contributed by atoms with E-state index in [0.29, 0.717) is 30.1 Å². The minimum absolute atomic E-state index is 0.0612. The lowest BCUT2D eigenvalue weighted by molar-refractivity contribution is -0.144. The molecule has 2 aliphatic heterocycles.